The van der Waals surface area contributed by atoms with Gasteiger partial charge in [0, 0.05) is 44.0 Å². The van der Waals surface area contributed by atoms with Crippen LogP contribution in [0.2, 0.25) is 5.02 Å². The Morgan fingerprint density at radius 3 is 2.59 bits per heavy atom. The van der Waals surface area contributed by atoms with Crippen molar-refractivity contribution in [2.75, 3.05) is 46.4 Å². The van der Waals surface area contributed by atoms with Gasteiger partial charge in [-0.1, -0.05) is 17.7 Å². The Labute approximate surface area is 243 Å². The summed E-state index contributed by atoms with van der Waals surface area (Å²) in [5.41, 5.74) is 0.393. The molecule has 3 aliphatic heterocycles. The van der Waals surface area contributed by atoms with Crippen molar-refractivity contribution in [2.45, 2.75) is 56.8 Å². The summed E-state index contributed by atoms with van der Waals surface area (Å²) in [7, 11) is 1.60. The first kappa shape index (κ1) is 29.8. The number of carbonyl (C=O) groups is 2. The number of ether oxygens (including phenoxy) is 1. The average Bonchev–Trinajstić information content (AvgIpc) is 3.48. The van der Waals surface area contributed by atoms with Crippen molar-refractivity contribution in [3.8, 4) is 0 Å². The summed E-state index contributed by atoms with van der Waals surface area (Å²) in [6.45, 7) is 3.62. The number of fused-ring (bicyclic) bond motifs is 1. The van der Waals surface area contributed by atoms with Gasteiger partial charge in [0.15, 0.2) is 0 Å². The van der Waals surface area contributed by atoms with Crippen LogP contribution in [0.3, 0.4) is 0 Å². The second kappa shape index (κ2) is 12.7. The van der Waals surface area contributed by atoms with E-state index in [0.717, 1.165) is 43.1 Å². The highest BCUT2D eigenvalue weighted by molar-refractivity contribution is 6.30. The number of pyridine rings is 1. The SMILES string of the molecule is COCC1c2ccc(Cl)cc2CCN1C(=O)[C@@H]1CCCN(C(=O)c2ncccc2C(F)(F)F)[C@@H]1CCN1CCCC1. The van der Waals surface area contributed by atoms with Gasteiger partial charge >= 0.3 is 6.18 Å². The molecule has 1 aromatic heterocycles. The van der Waals surface area contributed by atoms with Crippen molar-refractivity contribution < 1.29 is 27.5 Å². The molecule has 2 aromatic rings. The van der Waals surface area contributed by atoms with Gasteiger partial charge in [0.25, 0.3) is 5.91 Å². The van der Waals surface area contributed by atoms with Crippen LogP contribution in [0.1, 0.15) is 65.3 Å². The molecule has 222 valence electrons. The lowest BCUT2D eigenvalue weighted by molar-refractivity contribution is -0.144. The Kier molecular flexibility index (Phi) is 9.21. The molecule has 2 saturated heterocycles. The van der Waals surface area contributed by atoms with Gasteiger partial charge in [-0.3, -0.25) is 14.6 Å². The fourth-order valence-corrected chi connectivity index (χ4v) is 6.91. The minimum Gasteiger partial charge on any atom is -0.382 e. The van der Waals surface area contributed by atoms with Crippen LogP contribution in [-0.4, -0.2) is 84.0 Å². The molecule has 3 aliphatic rings. The van der Waals surface area contributed by atoms with Crippen LogP contribution in [0.25, 0.3) is 0 Å². The van der Waals surface area contributed by atoms with E-state index in [1.54, 1.807) is 7.11 Å². The lowest BCUT2D eigenvalue weighted by atomic mass is 9.83. The second-order valence-corrected chi connectivity index (χ2v) is 11.6. The van der Waals surface area contributed by atoms with E-state index in [9.17, 15) is 22.8 Å². The van der Waals surface area contributed by atoms with Crippen molar-refractivity contribution in [1.82, 2.24) is 19.7 Å². The second-order valence-electron chi connectivity index (χ2n) is 11.1. The van der Waals surface area contributed by atoms with E-state index in [2.05, 4.69) is 9.88 Å². The first-order chi connectivity index (χ1) is 19.7. The summed E-state index contributed by atoms with van der Waals surface area (Å²) >= 11 is 6.24. The highest BCUT2D eigenvalue weighted by Gasteiger charge is 2.45. The van der Waals surface area contributed by atoms with Crippen LogP contribution >= 0.6 is 11.6 Å². The zero-order chi connectivity index (χ0) is 29.1. The lowest BCUT2D eigenvalue weighted by Gasteiger charge is -2.45. The zero-order valence-electron chi connectivity index (χ0n) is 23.2. The number of halogens is 4. The normalized spacial score (nSPS) is 23.5. The number of likely N-dealkylation sites (tertiary alicyclic amines) is 2. The van der Waals surface area contributed by atoms with Gasteiger partial charge in [-0.05, 0) is 87.0 Å². The van der Waals surface area contributed by atoms with Crippen molar-refractivity contribution in [3.63, 3.8) is 0 Å². The lowest BCUT2D eigenvalue weighted by Crippen LogP contribution is -2.56. The molecule has 41 heavy (non-hydrogen) atoms. The molecule has 5 rings (SSSR count). The van der Waals surface area contributed by atoms with Gasteiger partial charge in [0.05, 0.1) is 24.1 Å². The van der Waals surface area contributed by atoms with E-state index in [4.69, 9.17) is 16.3 Å². The number of methoxy groups -OCH3 is 1. The molecule has 0 N–H and O–H groups in total. The Morgan fingerprint density at radius 2 is 1.85 bits per heavy atom. The molecule has 3 atom stereocenters. The number of hydrogen-bond acceptors (Lipinski definition) is 5. The number of carbonyl (C=O) groups excluding carboxylic acids is 2. The molecule has 0 radical (unpaired) electrons. The number of rotatable bonds is 7. The van der Waals surface area contributed by atoms with Crippen molar-refractivity contribution in [3.05, 3.63) is 63.9 Å². The van der Waals surface area contributed by atoms with Crippen molar-refractivity contribution in [2.24, 2.45) is 5.92 Å². The number of aromatic nitrogens is 1. The maximum atomic E-state index is 14.3. The molecule has 7 nitrogen and oxygen atoms in total. The van der Waals surface area contributed by atoms with Crippen LogP contribution < -0.4 is 0 Å². The minimum atomic E-state index is -4.72. The third kappa shape index (κ3) is 6.39. The van der Waals surface area contributed by atoms with E-state index >= 15 is 0 Å². The van der Waals surface area contributed by atoms with Gasteiger partial charge in [-0.25, -0.2) is 0 Å². The molecular weight excluding hydrogens is 557 g/mol. The number of hydrogen-bond donors (Lipinski definition) is 0. The summed E-state index contributed by atoms with van der Waals surface area (Å²) in [4.78, 5) is 37.6. The number of piperidine rings is 1. The van der Waals surface area contributed by atoms with Crippen LogP contribution in [0.5, 0.6) is 0 Å². The maximum Gasteiger partial charge on any atom is 0.418 e. The minimum absolute atomic E-state index is 0.0892. The first-order valence-electron chi connectivity index (χ1n) is 14.3. The maximum absolute atomic E-state index is 14.3. The van der Waals surface area contributed by atoms with Gasteiger partial charge in [-0.2, -0.15) is 13.2 Å². The highest BCUT2D eigenvalue weighted by Crippen LogP contribution is 2.38. The molecule has 0 aliphatic carbocycles. The van der Waals surface area contributed by atoms with Crippen molar-refractivity contribution in [1.29, 1.82) is 0 Å². The van der Waals surface area contributed by atoms with Gasteiger partial charge in [0.1, 0.15) is 5.69 Å². The largest absolute Gasteiger partial charge is 0.418 e. The summed E-state index contributed by atoms with van der Waals surface area (Å²) in [6, 6.07) is 6.88. The predicted octanol–water partition coefficient (Wildman–Crippen LogP) is 5.23. The topological polar surface area (TPSA) is 66.0 Å². The number of nitrogens with zero attached hydrogens (tertiary/aromatic N) is 4. The molecule has 1 aromatic carbocycles. The third-order valence-electron chi connectivity index (χ3n) is 8.68. The van der Waals surface area contributed by atoms with Crippen LogP contribution in [0, 0.1) is 5.92 Å². The fraction of sp³-hybridized carbons (Fsp3) is 0.567. The van der Waals surface area contributed by atoms with E-state index in [-0.39, 0.29) is 18.5 Å². The quantitative estimate of drug-likeness (QED) is 0.440. The smallest absolute Gasteiger partial charge is 0.382 e. The van der Waals surface area contributed by atoms with E-state index in [1.165, 1.54) is 17.2 Å². The Hall–Kier alpha value is -2.69. The molecule has 1 unspecified atom stereocenters. The molecule has 4 heterocycles. The predicted molar refractivity (Wildman–Crippen MR) is 149 cm³/mol. The summed E-state index contributed by atoms with van der Waals surface area (Å²) in [5.74, 6) is -1.40. The molecule has 11 heteroatoms. The molecular formula is C30H36ClF3N4O3. The Morgan fingerprint density at radius 1 is 1.07 bits per heavy atom. The Bertz CT molecular complexity index is 1250. The van der Waals surface area contributed by atoms with Crippen LogP contribution in [-0.2, 0) is 22.1 Å². The van der Waals surface area contributed by atoms with Crippen molar-refractivity contribution >= 4 is 23.4 Å². The third-order valence-corrected chi connectivity index (χ3v) is 8.92. The van der Waals surface area contributed by atoms with Gasteiger partial charge in [0.2, 0.25) is 5.91 Å². The van der Waals surface area contributed by atoms with Gasteiger partial charge in [-0.15, -0.1) is 0 Å². The molecule has 2 amide bonds. The van der Waals surface area contributed by atoms with E-state index in [1.807, 2.05) is 23.1 Å². The van der Waals surface area contributed by atoms with Gasteiger partial charge < -0.3 is 19.4 Å². The number of benzene rings is 1. The number of alkyl halides is 3. The standard InChI is InChI=1S/C30H36ClF3N4O3/c1-41-19-26-22-9-8-21(31)18-20(22)10-17-38(26)28(39)23-6-5-15-37(25(23)11-16-36-13-2-3-14-36)29(40)27-24(30(32,33)34)7-4-12-35-27/h4,7-9,12,18,23,25-26H,2-3,5-6,10-11,13-17,19H2,1H3/t23-,25-,26?/m1/s1. The molecule has 0 spiro atoms. The first-order valence-corrected chi connectivity index (χ1v) is 14.7. The fourth-order valence-electron chi connectivity index (χ4n) is 6.71. The summed E-state index contributed by atoms with van der Waals surface area (Å²) in [6.07, 6.45) is 0.900. The van der Waals surface area contributed by atoms with Crippen LogP contribution in [0.15, 0.2) is 36.5 Å². The summed E-state index contributed by atoms with van der Waals surface area (Å²) in [5, 5.41) is 0.635. The average molecular weight is 593 g/mol. The Balaban J connectivity index is 1.46. The number of amides is 2. The molecule has 0 saturated carbocycles. The van der Waals surface area contributed by atoms with E-state index in [0.29, 0.717) is 50.4 Å². The summed E-state index contributed by atoms with van der Waals surface area (Å²) < 4.78 is 47.0. The van der Waals surface area contributed by atoms with Crippen LogP contribution in [0.4, 0.5) is 13.2 Å². The van der Waals surface area contributed by atoms with E-state index < -0.39 is 35.3 Å². The molecule has 0 bridgehead atoms. The highest BCUT2D eigenvalue weighted by atomic mass is 35.5. The molecule has 2 fully saturated rings. The monoisotopic (exact) mass is 592 g/mol. The zero-order valence-corrected chi connectivity index (χ0v) is 24.0.